The number of methoxy groups -OCH3 is 1. The first-order chi connectivity index (χ1) is 14.1. The van der Waals surface area contributed by atoms with Gasteiger partial charge in [0, 0.05) is 36.5 Å². The van der Waals surface area contributed by atoms with Crippen LogP contribution in [0.3, 0.4) is 0 Å². The van der Waals surface area contributed by atoms with E-state index in [1.807, 2.05) is 31.2 Å². The molecule has 2 atom stereocenters. The molecule has 7 nitrogen and oxygen atoms in total. The maximum atomic E-state index is 8.43. The van der Waals surface area contributed by atoms with E-state index in [1.165, 1.54) is 25.7 Å². The van der Waals surface area contributed by atoms with Crippen LogP contribution >= 0.6 is 0 Å². The third kappa shape index (κ3) is 4.52. The first kappa shape index (κ1) is 19.7. The van der Waals surface area contributed by atoms with E-state index >= 15 is 0 Å². The van der Waals surface area contributed by atoms with Crippen molar-refractivity contribution in [2.45, 2.75) is 44.7 Å². The van der Waals surface area contributed by atoms with Crippen LogP contribution < -0.4 is 10.2 Å². The lowest BCUT2D eigenvalue weighted by Crippen LogP contribution is -2.60. The molecule has 0 amide bonds. The zero-order valence-electron chi connectivity index (χ0n) is 17.1. The highest BCUT2D eigenvalue weighted by Crippen LogP contribution is 2.38. The first-order valence-corrected chi connectivity index (χ1v) is 10.2. The summed E-state index contributed by atoms with van der Waals surface area (Å²) in [6.07, 6.45) is 6.85. The number of aryl methyl sites for hydroxylation is 1. The van der Waals surface area contributed by atoms with Gasteiger partial charge in [-0.3, -0.25) is 5.41 Å². The average Bonchev–Trinajstić information content (AvgIpc) is 3.19. The summed E-state index contributed by atoms with van der Waals surface area (Å²) < 4.78 is 10.5. The number of hydrazine groups is 1. The quantitative estimate of drug-likeness (QED) is 0.361. The number of fused-ring (bicyclic) bond motifs is 2. The van der Waals surface area contributed by atoms with Crippen LogP contribution in [0.1, 0.15) is 42.5 Å². The van der Waals surface area contributed by atoms with Crippen molar-refractivity contribution in [1.29, 1.82) is 5.41 Å². The van der Waals surface area contributed by atoms with Gasteiger partial charge >= 0.3 is 0 Å². The van der Waals surface area contributed by atoms with Gasteiger partial charge in [0.2, 0.25) is 0 Å². The number of aromatic nitrogens is 1. The first-order valence-electron chi connectivity index (χ1n) is 10.2. The van der Waals surface area contributed by atoms with Gasteiger partial charge in [0.25, 0.3) is 0 Å². The minimum absolute atomic E-state index is 0.242. The van der Waals surface area contributed by atoms with Crippen molar-refractivity contribution in [2.75, 3.05) is 25.7 Å². The second-order valence-electron chi connectivity index (χ2n) is 7.75. The number of nitrogens with one attached hydrogen (secondary N) is 3. The van der Waals surface area contributed by atoms with Crippen LogP contribution in [0.5, 0.6) is 5.88 Å². The Morgan fingerprint density at radius 3 is 2.86 bits per heavy atom. The zero-order valence-corrected chi connectivity index (χ0v) is 17.1. The molecule has 2 aromatic rings. The van der Waals surface area contributed by atoms with Crippen molar-refractivity contribution in [3.8, 4) is 5.88 Å². The summed E-state index contributed by atoms with van der Waals surface area (Å²) in [6, 6.07) is 11.2. The number of anilines is 1. The van der Waals surface area contributed by atoms with E-state index in [1.54, 1.807) is 13.3 Å². The molecule has 1 aromatic carbocycles. The highest BCUT2D eigenvalue weighted by Gasteiger charge is 2.41. The van der Waals surface area contributed by atoms with Gasteiger partial charge in [0.15, 0.2) is 11.7 Å². The van der Waals surface area contributed by atoms with Crippen LogP contribution in [0.2, 0.25) is 0 Å². The normalized spacial score (nSPS) is 21.2. The highest BCUT2D eigenvalue weighted by molar-refractivity contribution is 6.04. The second-order valence-corrected chi connectivity index (χ2v) is 7.75. The van der Waals surface area contributed by atoms with Crippen molar-refractivity contribution >= 4 is 17.7 Å². The third-order valence-electron chi connectivity index (χ3n) is 5.72. The predicted octanol–water partition coefficient (Wildman–Crippen LogP) is 3.75. The van der Waals surface area contributed by atoms with Gasteiger partial charge in [-0.1, -0.05) is 12.5 Å². The standard InChI is InChI=1S/C22H29N5O2/c1-15-6-7-16(26-27-18-4-3-5-19(27)13-18)12-20(15)22(23)24-14-17-8-9-21(25-17)29-11-10-28-2/h6-9,12,14,18-19,23,25-26H,3-5,10-11,13H2,1-2H3. The molecule has 7 heteroatoms. The van der Waals surface area contributed by atoms with Crippen LogP contribution in [0.15, 0.2) is 35.3 Å². The van der Waals surface area contributed by atoms with E-state index in [0.717, 1.165) is 22.5 Å². The van der Waals surface area contributed by atoms with E-state index in [-0.39, 0.29) is 5.84 Å². The number of H-pyrrole nitrogens is 1. The SMILES string of the molecule is COCCOc1ccc(C=NC(=N)c2cc(NN3C4CCCC3C4)ccc2C)[nH]1. The summed E-state index contributed by atoms with van der Waals surface area (Å²) in [5.41, 5.74) is 7.25. The molecule has 2 saturated heterocycles. The number of hydrogen-bond acceptors (Lipinski definition) is 5. The van der Waals surface area contributed by atoms with Crippen LogP contribution in [-0.2, 0) is 4.74 Å². The molecule has 2 bridgehead atoms. The van der Waals surface area contributed by atoms with Crippen LogP contribution in [-0.4, -0.2) is 54.5 Å². The summed E-state index contributed by atoms with van der Waals surface area (Å²) in [5, 5.41) is 10.8. The molecule has 2 aliphatic rings. The number of aliphatic imine (C=N–C) groups is 1. The summed E-state index contributed by atoms with van der Waals surface area (Å²) in [7, 11) is 1.64. The summed E-state index contributed by atoms with van der Waals surface area (Å²) in [5.74, 6) is 0.906. The molecule has 29 heavy (non-hydrogen) atoms. The van der Waals surface area contributed by atoms with Gasteiger partial charge in [0.1, 0.15) is 6.61 Å². The Bertz CT molecular complexity index is 877. The van der Waals surface area contributed by atoms with Gasteiger partial charge in [-0.05, 0) is 49.9 Å². The number of aromatic amines is 1. The smallest absolute Gasteiger partial charge is 0.191 e. The number of piperidine rings is 1. The number of nitrogens with zero attached hydrogens (tertiary/aromatic N) is 2. The van der Waals surface area contributed by atoms with Gasteiger partial charge < -0.3 is 19.9 Å². The molecule has 2 fully saturated rings. The fourth-order valence-corrected chi connectivity index (χ4v) is 4.07. The monoisotopic (exact) mass is 395 g/mol. The Kier molecular flexibility index (Phi) is 5.97. The van der Waals surface area contributed by atoms with Gasteiger partial charge in [-0.15, -0.1) is 0 Å². The molecule has 2 aliphatic heterocycles. The number of amidine groups is 1. The molecular weight excluding hydrogens is 366 g/mol. The van der Waals surface area contributed by atoms with Crippen molar-refractivity contribution in [1.82, 2.24) is 9.99 Å². The van der Waals surface area contributed by atoms with Crippen LogP contribution in [0, 0.1) is 12.3 Å². The Hall–Kier alpha value is -2.64. The molecule has 2 unspecified atom stereocenters. The summed E-state index contributed by atoms with van der Waals surface area (Å²) in [4.78, 5) is 7.48. The number of hydrogen-bond donors (Lipinski definition) is 3. The van der Waals surface area contributed by atoms with Gasteiger partial charge in [-0.2, -0.15) is 0 Å². The molecule has 0 saturated carbocycles. The maximum Gasteiger partial charge on any atom is 0.191 e. The predicted molar refractivity (Wildman–Crippen MR) is 115 cm³/mol. The van der Waals surface area contributed by atoms with E-state index in [2.05, 4.69) is 26.5 Å². The lowest BCUT2D eigenvalue weighted by Gasteiger charge is -2.52. The lowest BCUT2D eigenvalue weighted by atomic mass is 9.81. The minimum Gasteiger partial charge on any atom is -0.477 e. The molecule has 0 aliphatic carbocycles. The molecule has 3 N–H and O–H groups in total. The second kappa shape index (κ2) is 8.80. The summed E-state index contributed by atoms with van der Waals surface area (Å²) >= 11 is 0. The fourth-order valence-electron chi connectivity index (χ4n) is 4.07. The third-order valence-corrected chi connectivity index (χ3v) is 5.72. The number of rotatable bonds is 8. The van der Waals surface area contributed by atoms with E-state index in [0.29, 0.717) is 31.2 Å². The largest absolute Gasteiger partial charge is 0.477 e. The lowest BCUT2D eigenvalue weighted by molar-refractivity contribution is -0.00336. The van der Waals surface area contributed by atoms with Crippen molar-refractivity contribution in [3.05, 3.63) is 47.2 Å². The molecule has 0 radical (unpaired) electrons. The Morgan fingerprint density at radius 1 is 1.28 bits per heavy atom. The van der Waals surface area contributed by atoms with Crippen LogP contribution in [0.4, 0.5) is 5.69 Å². The zero-order chi connectivity index (χ0) is 20.2. The van der Waals surface area contributed by atoms with Crippen LogP contribution in [0.25, 0.3) is 0 Å². The number of benzene rings is 1. The minimum atomic E-state index is 0.242. The van der Waals surface area contributed by atoms with E-state index in [9.17, 15) is 0 Å². The molecule has 3 heterocycles. The Labute approximate surface area is 171 Å². The average molecular weight is 396 g/mol. The fraction of sp³-hybridized carbons (Fsp3) is 0.455. The molecule has 4 rings (SSSR count). The van der Waals surface area contributed by atoms with Crippen molar-refractivity contribution in [3.63, 3.8) is 0 Å². The topological polar surface area (TPSA) is 85.7 Å². The molecule has 1 aromatic heterocycles. The molecular formula is C22H29N5O2. The molecule has 0 spiro atoms. The van der Waals surface area contributed by atoms with Gasteiger partial charge in [-0.25, -0.2) is 10.0 Å². The van der Waals surface area contributed by atoms with E-state index < -0.39 is 0 Å². The number of ether oxygens (including phenoxy) is 2. The van der Waals surface area contributed by atoms with Crippen molar-refractivity contribution in [2.24, 2.45) is 4.99 Å². The van der Waals surface area contributed by atoms with Crippen molar-refractivity contribution < 1.29 is 9.47 Å². The Balaban J connectivity index is 1.39. The highest BCUT2D eigenvalue weighted by atomic mass is 16.5. The summed E-state index contributed by atoms with van der Waals surface area (Å²) in [6.45, 7) is 3.04. The molecule has 154 valence electrons. The Morgan fingerprint density at radius 2 is 2.10 bits per heavy atom. The maximum absolute atomic E-state index is 8.43. The van der Waals surface area contributed by atoms with Gasteiger partial charge in [0.05, 0.1) is 18.5 Å². The van der Waals surface area contributed by atoms with E-state index in [4.69, 9.17) is 14.9 Å².